The molecule has 0 spiro atoms. The number of ether oxygens (including phenoxy) is 2. The molecule has 9 nitrogen and oxygen atoms in total. The molecule has 0 bridgehead atoms. The third-order valence-corrected chi connectivity index (χ3v) is 6.89. The van der Waals surface area contributed by atoms with Crippen LogP contribution in [-0.2, 0) is 19.5 Å². The Labute approximate surface area is 178 Å². The van der Waals surface area contributed by atoms with E-state index < -0.39 is 32.7 Å². The minimum absolute atomic E-state index is 0.134. The van der Waals surface area contributed by atoms with Gasteiger partial charge in [0.25, 0.3) is 5.91 Å². The van der Waals surface area contributed by atoms with E-state index >= 15 is 0 Å². The summed E-state index contributed by atoms with van der Waals surface area (Å²) in [5.74, 6) is -1.40. The minimum atomic E-state index is -4.06. The number of morpholine rings is 1. The average Bonchev–Trinajstić information content (AvgIpc) is 3.21. The summed E-state index contributed by atoms with van der Waals surface area (Å²) in [6.45, 7) is 1.48. The number of carbonyl (C=O) groups excluding carboxylic acids is 2. The Hall–Kier alpha value is -3.02. The number of hydrogen-bond acceptors (Lipinski definition) is 6. The number of sulfonamides is 1. The van der Waals surface area contributed by atoms with Crippen molar-refractivity contribution in [1.29, 1.82) is 0 Å². The molecule has 0 saturated carbocycles. The summed E-state index contributed by atoms with van der Waals surface area (Å²) >= 11 is 0. The Morgan fingerprint density at radius 3 is 2.35 bits per heavy atom. The van der Waals surface area contributed by atoms with E-state index in [1.165, 1.54) is 23.1 Å². The van der Waals surface area contributed by atoms with Gasteiger partial charge in [-0.2, -0.15) is 4.31 Å². The summed E-state index contributed by atoms with van der Waals surface area (Å²) in [7, 11) is -4.06. The topological polar surface area (TPSA) is 105 Å². The van der Waals surface area contributed by atoms with Crippen LogP contribution in [0.4, 0.5) is 20.6 Å². The van der Waals surface area contributed by atoms with E-state index in [4.69, 9.17) is 9.47 Å². The van der Waals surface area contributed by atoms with Gasteiger partial charge in [0.05, 0.1) is 19.8 Å². The highest BCUT2D eigenvalue weighted by molar-refractivity contribution is 7.89. The first-order chi connectivity index (χ1) is 14.9. The minimum Gasteiger partial charge on any atom is -0.447 e. The number of carbonyl (C=O) groups is 2. The van der Waals surface area contributed by atoms with Gasteiger partial charge in [-0.15, -0.1) is 0 Å². The molecule has 2 aliphatic rings. The van der Waals surface area contributed by atoms with Crippen molar-refractivity contribution in [2.75, 3.05) is 49.7 Å². The molecule has 0 unspecified atom stereocenters. The molecule has 2 aliphatic heterocycles. The molecule has 4 rings (SSSR count). The van der Waals surface area contributed by atoms with Crippen molar-refractivity contribution in [2.24, 2.45) is 0 Å². The van der Waals surface area contributed by atoms with E-state index in [0.29, 0.717) is 24.4 Å². The second-order valence-electron chi connectivity index (χ2n) is 6.93. The smallest absolute Gasteiger partial charge is 0.414 e. The van der Waals surface area contributed by atoms with Crippen LogP contribution in [0.25, 0.3) is 0 Å². The second-order valence-corrected chi connectivity index (χ2v) is 8.84. The lowest BCUT2D eigenvalue weighted by molar-refractivity contribution is 0.0729. The van der Waals surface area contributed by atoms with E-state index in [0.717, 1.165) is 16.4 Å². The molecular weight excluding hydrogens is 429 g/mol. The Balaban J connectivity index is 1.51. The molecule has 2 aromatic rings. The maximum atomic E-state index is 14.3. The Bertz CT molecular complexity index is 1100. The number of cyclic esters (lactones) is 1. The quantitative estimate of drug-likeness (QED) is 0.749. The van der Waals surface area contributed by atoms with Gasteiger partial charge in [0, 0.05) is 30.0 Å². The van der Waals surface area contributed by atoms with Gasteiger partial charge in [-0.25, -0.2) is 17.6 Å². The summed E-state index contributed by atoms with van der Waals surface area (Å²) < 4.78 is 51.1. The van der Waals surface area contributed by atoms with Crippen LogP contribution in [-0.4, -0.2) is 64.2 Å². The Morgan fingerprint density at radius 2 is 1.71 bits per heavy atom. The predicted molar refractivity (Wildman–Crippen MR) is 109 cm³/mol. The number of nitrogens with zero attached hydrogens (tertiary/aromatic N) is 2. The standard InChI is InChI=1S/C20H20FN3O6S/c21-17-6-3-15(13-18(17)31(27,28)23-7-10-29-11-8-23)22-19(25)14-1-4-16(5-2-14)24-9-12-30-20(24)26/h1-6,13H,7-12H2,(H,22,25). The highest BCUT2D eigenvalue weighted by Crippen LogP contribution is 2.25. The summed E-state index contributed by atoms with van der Waals surface area (Å²) in [5.41, 5.74) is 1.03. The first-order valence-corrected chi connectivity index (χ1v) is 11.0. The van der Waals surface area contributed by atoms with Crippen molar-refractivity contribution in [3.8, 4) is 0 Å². The monoisotopic (exact) mass is 449 g/mol. The zero-order valence-corrected chi connectivity index (χ0v) is 17.2. The second kappa shape index (κ2) is 8.61. The van der Waals surface area contributed by atoms with Gasteiger partial charge >= 0.3 is 6.09 Å². The van der Waals surface area contributed by atoms with Crippen LogP contribution >= 0.6 is 0 Å². The van der Waals surface area contributed by atoms with Gasteiger partial charge in [-0.05, 0) is 42.5 Å². The number of hydrogen-bond donors (Lipinski definition) is 1. The summed E-state index contributed by atoms with van der Waals surface area (Å²) in [6, 6.07) is 9.69. The third-order valence-electron chi connectivity index (χ3n) is 4.98. The normalized spacial score (nSPS) is 17.5. The van der Waals surface area contributed by atoms with Crippen molar-refractivity contribution >= 4 is 33.4 Å². The van der Waals surface area contributed by atoms with E-state index in [-0.39, 0.29) is 32.0 Å². The van der Waals surface area contributed by atoms with Gasteiger partial charge in [0.1, 0.15) is 17.3 Å². The van der Waals surface area contributed by atoms with E-state index in [2.05, 4.69) is 5.32 Å². The van der Waals surface area contributed by atoms with Crippen LogP contribution in [0, 0.1) is 5.82 Å². The summed E-state index contributed by atoms with van der Waals surface area (Å²) in [5, 5.41) is 2.58. The van der Waals surface area contributed by atoms with Gasteiger partial charge in [-0.3, -0.25) is 9.69 Å². The molecule has 0 aliphatic carbocycles. The fourth-order valence-corrected chi connectivity index (χ4v) is 4.83. The fourth-order valence-electron chi connectivity index (χ4n) is 3.33. The molecular formula is C20H20FN3O6S. The fraction of sp³-hybridized carbons (Fsp3) is 0.300. The molecule has 31 heavy (non-hydrogen) atoms. The van der Waals surface area contributed by atoms with Crippen LogP contribution in [0.1, 0.15) is 10.4 Å². The van der Waals surface area contributed by atoms with Crippen LogP contribution in [0.15, 0.2) is 47.4 Å². The Morgan fingerprint density at radius 1 is 1.00 bits per heavy atom. The number of halogens is 1. The molecule has 2 saturated heterocycles. The van der Waals surface area contributed by atoms with E-state index in [1.54, 1.807) is 12.1 Å². The van der Waals surface area contributed by atoms with Crippen molar-refractivity contribution in [2.45, 2.75) is 4.90 Å². The highest BCUT2D eigenvalue weighted by Gasteiger charge is 2.29. The van der Waals surface area contributed by atoms with Crippen molar-refractivity contribution < 1.29 is 31.9 Å². The van der Waals surface area contributed by atoms with Crippen molar-refractivity contribution in [1.82, 2.24) is 4.31 Å². The van der Waals surface area contributed by atoms with Gasteiger partial charge in [-0.1, -0.05) is 0 Å². The Kier molecular flexibility index (Phi) is 5.90. The third kappa shape index (κ3) is 4.38. The van der Waals surface area contributed by atoms with Crippen molar-refractivity contribution in [3.05, 3.63) is 53.8 Å². The lowest BCUT2D eigenvalue weighted by Gasteiger charge is -2.26. The number of benzene rings is 2. The van der Waals surface area contributed by atoms with Gasteiger partial charge in [0.2, 0.25) is 10.0 Å². The van der Waals surface area contributed by atoms with Crippen molar-refractivity contribution in [3.63, 3.8) is 0 Å². The number of nitrogens with one attached hydrogen (secondary N) is 1. The summed E-state index contributed by atoms with van der Waals surface area (Å²) in [4.78, 5) is 25.1. The molecule has 2 fully saturated rings. The lowest BCUT2D eigenvalue weighted by Crippen LogP contribution is -2.40. The SMILES string of the molecule is O=C(Nc1ccc(F)c(S(=O)(=O)N2CCOCC2)c1)c1ccc(N2CCOC2=O)cc1. The molecule has 2 aromatic carbocycles. The summed E-state index contributed by atoms with van der Waals surface area (Å²) in [6.07, 6.45) is -0.447. The molecule has 0 atom stereocenters. The molecule has 0 aromatic heterocycles. The number of rotatable bonds is 5. The van der Waals surface area contributed by atoms with Crippen LogP contribution in [0.2, 0.25) is 0 Å². The van der Waals surface area contributed by atoms with Crippen LogP contribution < -0.4 is 10.2 Å². The zero-order chi connectivity index (χ0) is 22.0. The van der Waals surface area contributed by atoms with Gasteiger partial charge in [0.15, 0.2) is 0 Å². The highest BCUT2D eigenvalue weighted by atomic mass is 32.2. The molecule has 0 radical (unpaired) electrons. The number of anilines is 2. The lowest BCUT2D eigenvalue weighted by atomic mass is 10.1. The van der Waals surface area contributed by atoms with E-state index in [9.17, 15) is 22.4 Å². The maximum absolute atomic E-state index is 14.3. The first kappa shape index (κ1) is 21.2. The first-order valence-electron chi connectivity index (χ1n) is 9.59. The zero-order valence-electron chi connectivity index (χ0n) is 16.4. The largest absolute Gasteiger partial charge is 0.447 e. The molecule has 1 N–H and O–H groups in total. The number of amides is 2. The molecule has 164 valence electrons. The maximum Gasteiger partial charge on any atom is 0.414 e. The predicted octanol–water partition coefficient (Wildman–Crippen LogP) is 2.06. The molecule has 2 amide bonds. The van der Waals surface area contributed by atoms with E-state index in [1.807, 2.05) is 0 Å². The van der Waals surface area contributed by atoms with Crippen LogP contribution in [0.5, 0.6) is 0 Å². The molecule has 11 heteroatoms. The average molecular weight is 449 g/mol. The molecule has 2 heterocycles. The van der Waals surface area contributed by atoms with Crippen LogP contribution in [0.3, 0.4) is 0 Å². The van der Waals surface area contributed by atoms with Gasteiger partial charge < -0.3 is 14.8 Å².